The smallest absolute Gasteiger partial charge is 0.320 e. The van der Waals surface area contributed by atoms with Crippen molar-refractivity contribution in [3.8, 4) is 0 Å². The largest absolute Gasteiger partial charge is 0.480 e. The first kappa shape index (κ1) is 20.4. The normalized spacial score (nSPS) is 17.5. The van der Waals surface area contributed by atoms with E-state index in [0.29, 0.717) is 5.92 Å². The summed E-state index contributed by atoms with van der Waals surface area (Å²) in [4.78, 5) is 10.8. The summed E-state index contributed by atoms with van der Waals surface area (Å²) in [6.07, 6.45) is 6.16. The Balaban J connectivity index is 4.52. The van der Waals surface area contributed by atoms with Gasteiger partial charge in [0.2, 0.25) is 0 Å². The summed E-state index contributed by atoms with van der Waals surface area (Å²) < 4.78 is 0. The second kappa shape index (κ2) is 11.1. The molecule has 0 rings (SSSR count). The van der Waals surface area contributed by atoms with Gasteiger partial charge in [0.25, 0.3) is 0 Å². The Morgan fingerprint density at radius 2 is 1.48 bits per heavy atom. The van der Waals surface area contributed by atoms with E-state index in [1.54, 1.807) is 6.92 Å². The number of carbonyl (C=O) groups is 1. The highest BCUT2D eigenvalue weighted by Gasteiger charge is 2.27. The Hall–Kier alpha value is -0.570. The summed E-state index contributed by atoms with van der Waals surface area (Å²) in [5.41, 5.74) is 0. The molecule has 0 aliphatic heterocycles. The van der Waals surface area contributed by atoms with Crippen molar-refractivity contribution >= 4 is 5.97 Å². The fraction of sp³-hybridized carbons (Fsp3) is 0.944. The molecule has 0 saturated heterocycles. The average molecular weight is 299 g/mol. The summed E-state index contributed by atoms with van der Waals surface area (Å²) >= 11 is 0. The van der Waals surface area contributed by atoms with Gasteiger partial charge in [0.1, 0.15) is 6.04 Å². The minimum atomic E-state index is -0.765. The minimum Gasteiger partial charge on any atom is -0.480 e. The molecule has 0 aromatic carbocycles. The van der Waals surface area contributed by atoms with E-state index in [9.17, 15) is 4.79 Å². The van der Waals surface area contributed by atoms with Crippen LogP contribution >= 0.6 is 0 Å². The first-order valence-corrected chi connectivity index (χ1v) is 8.81. The van der Waals surface area contributed by atoms with Gasteiger partial charge in [-0.05, 0) is 43.6 Å². The van der Waals surface area contributed by atoms with Crippen LogP contribution in [0, 0.1) is 23.7 Å². The van der Waals surface area contributed by atoms with Crippen LogP contribution in [-0.4, -0.2) is 23.7 Å². The van der Waals surface area contributed by atoms with E-state index in [0.717, 1.165) is 30.7 Å². The lowest BCUT2D eigenvalue weighted by Crippen LogP contribution is -2.36. The first-order chi connectivity index (χ1) is 9.84. The van der Waals surface area contributed by atoms with Crippen molar-refractivity contribution in [2.75, 3.05) is 6.54 Å². The molecule has 4 atom stereocenters. The second-order valence-corrected chi connectivity index (χ2v) is 6.93. The molecule has 0 aliphatic carbocycles. The number of nitrogens with one attached hydrogen (secondary N) is 1. The third-order valence-electron chi connectivity index (χ3n) is 4.80. The molecule has 0 spiro atoms. The van der Waals surface area contributed by atoms with Crippen LogP contribution < -0.4 is 5.32 Å². The van der Waals surface area contributed by atoms with Crippen molar-refractivity contribution in [1.82, 2.24) is 5.32 Å². The maximum Gasteiger partial charge on any atom is 0.320 e. The molecule has 0 fully saturated rings. The maximum atomic E-state index is 10.8. The van der Waals surface area contributed by atoms with E-state index in [1.807, 2.05) is 0 Å². The molecule has 0 heterocycles. The number of carboxylic acids is 1. The second-order valence-electron chi connectivity index (χ2n) is 6.93. The maximum absolute atomic E-state index is 10.8. The van der Waals surface area contributed by atoms with Crippen LogP contribution in [0.25, 0.3) is 0 Å². The third kappa shape index (κ3) is 7.85. The van der Waals surface area contributed by atoms with E-state index in [1.165, 1.54) is 25.7 Å². The molecule has 0 aliphatic rings. The van der Waals surface area contributed by atoms with E-state index >= 15 is 0 Å². The molecule has 0 bridgehead atoms. The highest BCUT2D eigenvalue weighted by Crippen LogP contribution is 2.35. The van der Waals surface area contributed by atoms with Gasteiger partial charge in [0, 0.05) is 0 Å². The molecule has 3 heteroatoms. The van der Waals surface area contributed by atoms with Crippen LogP contribution in [0.5, 0.6) is 0 Å². The summed E-state index contributed by atoms with van der Waals surface area (Å²) in [6.45, 7) is 14.1. The number of aliphatic carboxylic acids is 1. The van der Waals surface area contributed by atoms with Crippen LogP contribution in [-0.2, 0) is 4.79 Å². The monoisotopic (exact) mass is 299 g/mol. The number of hydrogen-bond acceptors (Lipinski definition) is 2. The van der Waals surface area contributed by atoms with Gasteiger partial charge >= 0.3 is 5.97 Å². The molecule has 0 aromatic rings. The zero-order chi connectivity index (χ0) is 16.4. The summed E-state index contributed by atoms with van der Waals surface area (Å²) in [6, 6.07) is -0.446. The standard InChI is InChI=1S/C18H37NO2/c1-7-9-16(13(3)4)17(10-8-2)14(5)11-12-19-15(6)18(20)21/h13-17,19H,7-12H2,1-6H3,(H,20,21)/t14?,15-,16+,17-/m0/s1. The van der Waals surface area contributed by atoms with Crippen molar-refractivity contribution in [3.63, 3.8) is 0 Å². The molecule has 0 amide bonds. The van der Waals surface area contributed by atoms with E-state index < -0.39 is 12.0 Å². The van der Waals surface area contributed by atoms with Gasteiger partial charge in [0.05, 0.1) is 0 Å². The van der Waals surface area contributed by atoms with Crippen molar-refractivity contribution in [2.24, 2.45) is 23.7 Å². The molecular weight excluding hydrogens is 262 g/mol. The molecule has 0 radical (unpaired) electrons. The lowest BCUT2D eigenvalue weighted by Gasteiger charge is -2.35. The Kier molecular flexibility index (Phi) is 10.8. The zero-order valence-corrected chi connectivity index (χ0v) is 15.0. The number of rotatable bonds is 12. The number of carboxylic acid groups (broad SMARTS) is 1. The van der Waals surface area contributed by atoms with Gasteiger partial charge in [-0.15, -0.1) is 0 Å². The Morgan fingerprint density at radius 1 is 0.952 bits per heavy atom. The van der Waals surface area contributed by atoms with Gasteiger partial charge < -0.3 is 10.4 Å². The molecule has 0 saturated carbocycles. The molecule has 3 nitrogen and oxygen atoms in total. The zero-order valence-electron chi connectivity index (χ0n) is 15.0. The number of hydrogen-bond donors (Lipinski definition) is 2. The van der Waals surface area contributed by atoms with Gasteiger partial charge in [-0.2, -0.15) is 0 Å². The Bertz CT molecular complexity index is 278. The van der Waals surface area contributed by atoms with Gasteiger partial charge in [-0.3, -0.25) is 4.79 Å². The van der Waals surface area contributed by atoms with Crippen LogP contribution in [0.1, 0.15) is 73.6 Å². The van der Waals surface area contributed by atoms with Gasteiger partial charge in [0.15, 0.2) is 0 Å². The van der Waals surface area contributed by atoms with E-state index in [4.69, 9.17) is 5.11 Å². The molecule has 21 heavy (non-hydrogen) atoms. The van der Waals surface area contributed by atoms with Crippen molar-refractivity contribution < 1.29 is 9.90 Å². The molecule has 2 N–H and O–H groups in total. The van der Waals surface area contributed by atoms with Crippen LogP contribution in [0.3, 0.4) is 0 Å². The topological polar surface area (TPSA) is 49.3 Å². The Labute approximate surface area is 131 Å². The summed E-state index contributed by atoms with van der Waals surface area (Å²) in [5, 5.41) is 12.0. The quantitative estimate of drug-likeness (QED) is 0.555. The molecule has 126 valence electrons. The fourth-order valence-electron chi connectivity index (χ4n) is 3.46. The van der Waals surface area contributed by atoms with Crippen molar-refractivity contribution in [1.29, 1.82) is 0 Å². The van der Waals surface area contributed by atoms with E-state index in [-0.39, 0.29) is 0 Å². The van der Waals surface area contributed by atoms with Crippen LogP contribution in [0.15, 0.2) is 0 Å². The van der Waals surface area contributed by atoms with Crippen LogP contribution in [0.4, 0.5) is 0 Å². The van der Waals surface area contributed by atoms with Crippen molar-refractivity contribution in [3.05, 3.63) is 0 Å². The Morgan fingerprint density at radius 3 is 1.90 bits per heavy atom. The van der Waals surface area contributed by atoms with E-state index in [2.05, 4.69) is 39.9 Å². The molecule has 0 aromatic heterocycles. The summed E-state index contributed by atoms with van der Waals surface area (Å²) in [7, 11) is 0. The SMILES string of the molecule is CCC[C@H](C(C)C)[C@@H](CCC)C(C)CCN[C@@H](C)C(=O)O. The highest BCUT2D eigenvalue weighted by molar-refractivity contribution is 5.72. The van der Waals surface area contributed by atoms with Gasteiger partial charge in [-0.25, -0.2) is 0 Å². The highest BCUT2D eigenvalue weighted by atomic mass is 16.4. The predicted octanol–water partition coefficient (Wildman–Crippen LogP) is 4.56. The minimum absolute atomic E-state index is 0.446. The first-order valence-electron chi connectivity index (χ1n) is 8.81. The van der Waals surface area contributed by atoms with Gasteiger partial charge in [-0.1, -0.05) is 60.3 Å². The predicted molar refractivity (Wildman–Crippen MR) is 90.5 cm³/mol. The fourth-order valence-corrected chi connectivity index (χ4v) is 3.46. The van der Waals surface area contributed by atoms with Crippen LogP contribution in [0.2, 0.25) is 0 Å². The molecule has 1 unspecified atom stereocenters. The lowest BCUT2D eigenvalue weighted by atomic mass is 9.71. The summed E-state index contributed by atoms with van der Waals surface area (Å²) in [5.74, 6) is 2.17. The lowest BCUT2D eigenvalue weighted by molar-refractivity contribution is -0.139. The molecular formula is C18H37NO2. The third-order valence-corrected chi connectivity index (χ3v) is 4.80. The average Bonchev–Trinajstić information content (AvgIpc) is 2.41. The van der Waals surface area contributed by atoms with Crippen molar-refractivity contribution in [2.45, 2.75) is 79.7 Å².